The zero-order chi connectivity index (χ0) is 43.8. The van der Waals surface area contributed by atoms with Gasteiger partial charge < -0.3 is 70.7 Å². The summed E-state index contributed by atoms with van der Waals surface area (Å²) in [5, 5.41) is 22.1. The molecule has 0 aliphatic carbocycles. The van der Waals surface area contributed by atoms with E-state index in [4.69, 9.17) is 34.4 Å². The summed E-state index contributed by atoms with van der Waals surface area (Å²) in [7, 11) is 0. The van der Waals surface area contributed by atoms with Crippen LogP contribution >= 0.6 is 0 Å². The predicted molar refractivity (Wildman–Crippen MR) is 226 cm³/mol. The van der Waals surface area contributed by atoms with Gasteiger partial charge in [0, 0.05) is 66.6 Å². The van der Waals surface area contributed by atoms with Gasteiger partial charge in [0.05, 0.1) is 6.04 Å². The third-order valence-corrected chi connectivity index (χ3v) is 9.64. The van der Waals surface area contributed by atoms with Gasteiger partial charge in [-0.15, -0.1) is 0 Å². The van der Waals surface area contributed by atoms with E-state index in [-0.39, 0.29) is 70.0 Å². The van der Waals surface area contributed by atoms with E-state index in [2.05, 4.69) is 41.2 Å². The minimum atomic E-state index is -1.45. The average molecular weight is 831 g/mol. The summed E-state index contributed by atoms with van der Waals surface area (Å²) in [6.07, 6.45) is 3.35. The fourth-order valence-corrected chi connectivity index (χ4v) is 6.52. The van der Waals surface area contributed by atoms with E-state index in [9.17, 15) is 33.9 Å². The molecule has 4 aromatic rings. The molecule has 60 heavy (non-hydrogen) atoms. The number of nitrogens with one attached hydrogen (secondary N) is 6. The number of nitrogens with two attached hydrogens (primary N) is 6. The average Bonchev–Trinajstić information content (AvgIpc) is 3.81. The van der Waals surface area contributed by atoms with Crippen molar-refractivity contribution < 1.29 is 33.9 Å². The Bertz CT molecular complexity index is 2190. The molecule has 0 saturated carbocycles. The molecule has 0 spiro atoms. The Balaban J connectivity index is 1.59. The number of carboxylic acids is 1. The fourth-order valence-electron chi connectivity index (χ4n) is 6.52. The highest BCUT2D eigenvalue weighted by atomic mass is 16.4. The number of benzene rings is 2. The van der Waals surface area contributed by atoms with Crippen molar-refractivity contribution in [3.05, 3.63) is 72.1 Å². The summed E-state index contributed by atoms with van der Waals surface area (Å²) in [4.78, 5) is 93.7. The summed E-state index contributed by atoms with van der Waals surface area (Å²) in [6, 6.07) is 8.02. The van der Waals surface area contributed by atoms with Crippen molar-refractivity contribution in [1.82, 2.24) is 31.2 Å². The van der Waals surface area contributed by atoms with Crippen LogP contribution in [0.2, 0.25) is 0 Å². The first-order chi connectivity index (χ1) is 28.6. The second-order valence-corrected chi connectivity index (χ2v) is 14.2. The molecule has 5 amide bonds. The Labute approximate surface area is 344 Å². The van der Waals surface area contributed by atoms with Crippen molar-refractivity contribution in [2.24, 2.45) is 44.4 Å². The smallest absolute Gasteiger partial charge is 0.326 e. The quantitative estimate of drug-likeness (QED) is 0.0211. The van der Waals surface area contributed by atoms with Gasteiger partial charge in [-0.3, -0.25) is 34.0 Å². The number of H-pyrrole nitrogens is 2. The number of para-hydroxylation sites is 2. The van der Waals surface area contributed by atoms with Crippen LogP contribution in [0.25, 0.3) is 21.8 Å². The standard InChI is InChI=1S/C39H54N14O7/c40-25(9-5-15-46-38(42)43)33(55)50-28(12-6-16-47-39(44)45)34(56)52-30(17-21-19-48-26-10-3-1-7-23(21)26)36(58)51-29(13-14-32(41)54)35(57)53-31(37(59)60)18-22-20-49-27-11-4-2-8-24(22)27/h1-4,7-8,10-11,19-20,25,28-31,48-49H,5-6,9,12-18,40H2,(H2,41,54)(H,50,55)(H,51,58)(H,52,56)(H,53,57)(H,59,60)(H4,42,43,46)(H4,44,45,47). The number of guanidine groups is 2. The van der Waals surface area contributed by atoms with Gasteiger partial charge in [0.15, 0.2) is 11.9 Å². The van der Waals surface area contributed by atoms with E-state index >= 15 is 0 Å². The molecule has 4 rings (SSSR count). The van der Waals surface area contributed by atoms with Crippen LogP contribution in [0.4, 0.5) is 0 Å². The highest BCUT2D eigenvalue weighted by molar-refractivity contribution is 5.96. The maximum absolute atomic E-state index is 14.3. The Morgan fingerprint density at radius 2 is 1.02 bits per heavy atom. The first kappa shape index (κ1) is 45.5. The van der Waals surface area contributed by atoms with Crippen molar-refractivity contribution in [1.29, 1.82) is 0 Å². The maximum Gasteiger partial charge on any atom is 0.326 e. The van der Waals surface area contributed by atoms with Crippen LogP contribution in [-0.2, 0) is 41.6 Å². The Morgan fingerprint density at radius 1 is 0.583 bits per heavy atom. The lowest BCUT2D eigenvalue weighted by molar-refractivity contribution is -0.142. The van der Waals surface area contributed by atoms with E-state index < -0.39 is 65.7 Å². The van der Waals surface area contributed by atoms with Crippen molar-refractivity contribution in [3.8, 4) is 0 Å². The predicted octanol–water partition coefficient (Wildman–Crippen LogP) is -1.84. The van der Waals surface area contributed by atoms with E-state index in [1.165, 1.54) is 0 Å². The number of carboxylic acid groups (broad SMARTS) is 1. The molecule has 0 bridgehead atoms. The van der Waals surface area contributed by atoms with Gasteiger partial charge in [-0.25, -0.2) is 4.79 Å². The number of primary amides is 1. The number of nitrogens with zero attached hydrogens (tertiary/aromatic N) is 2. The van der Waals surface area contributed by atoms with Gasteiger partial charge >= 0.3 is 5.97 Å². The van der Waals surface area contributed by atoms with E-state index in [1.54, 1.807) is 24.5 Å². The normalized spacial score (nSPS) is 13.6. The van der Waals surface area contributed by atoms with Crippen molar-refractivity contribution in [2.75, 3.05) is 13.1 Å². The van der Waals surface area contributed by atoms with Gasteiger partial charge in [0.2, 0.25) is 29.5 Å². The van der Waals surface area contributed by atoms with E-state index in [0.29, 0.717) is 17.5 Å². The number of rotatable bonds is 24. The van der Waals surface area contributed by atoms with Crippen LogP contribution in [0.1, 0.15) is 49.7 Å². The molecule has 0 aliphatic heterocycles. The Morgan fingerprint density at radius 3 is 1.53 bits per heavy atom. The van der Waals surface area contributed by atoms with E-state index in [1.807, 2.05) is 36.4 Å². The highest BCUT2D eigenvalue weighted by Gasteiger charge is 2.33. The molecule has 322 valence electrons. The second kappa shape index (κ2) is 22.1. The number of hydrogen-bond donors (Lipinski definition) is 13. The third kappa shape index (κ3) is 13.7. The number of aromatic nitrogens is 2. The summed E-state index contributed by atoms with van der Waals surface area (Å²) < 4.78 is 0. The van der Waals surface area contributed by atoms with Gasteiger partial charge in [-0.1, -0.05) is 36.4 Å². The lowest BCUT2D eigenvalue weighted by atomic mass is 10.0. The molecular formula is C39H54N14O7. The van der Waals surface area contributed by atoms with Gasteiger partial charge in [0.1, 0.15) is 24.2 Å². The number of hydrogen-bond acceptors (Lipinski definition) is 9. The molecular weight excluding hydrogens is 777 g/mol. The molecule has 21 nitrogen and oxygen atoms in total. The SMILES string of the molecule is NC(=O)CCC(NC(=O)C(Cc1c[nH]c2ccccc12)NC(=O)C(CCCN=C(N)N)NC(=O)C(N)CCCN=C(N)N)C(=O)NC(Cc1c[nH]c2ccccc12)C(=O)O. The number of carbonyl (C=O) groups excluding carboxylic acids is 5. The zero-order valence-corrected chi connectivity index (χ0v) is 33.0. The van der Waals surface area contributed by atoms with Gasteiger partial charge in [-0.05, 0) is 55.4 Å². The molecule has 5 unspecified atom stereocenters. The number of amides is 5. The summed E-state index contributed by atoms with van der Waals surface area (Å²) in [5.41, 5.74) is 36.0. The second-order valence-electron chi connectivity index (χ2n) is 14.2. The highest BCUT2D eigenvalue weighted by Crippen LogP contribution is 2.21. The zero-order valence-electron chi connectivity index (χ0n) is 33.0. The number of fused-ring (bicyclic) bond motifs is 2. The molecule has 2 aromatic heterocycles. The number of carbonyl (C=O) groups is 6. The molecule has 5 atom stereocenters. The lowest BCUT2D eigenvalue weighted by Crippen LogP contribution is -2.59. The molecule has 19 N–H and O–H groups in total. The Kier molecular flexibility index (Phi) is 16.8. The van der Waals surface area contributed by atoms with Crippen LogP contribution in [0, 0.1) is 0 Å². The van der Waals surface area contributed by atoms with Crippen LogP contribution in [0.15, 0.2) is 70.9 Å². The first-order valence-corrected chi connectivity index (χ1v) is 19.3. The van der Waals surface area contributed by atoms with Crippen LogP contribution in [0.3, 0.4) is 0 Å². The molecule has 0 saturated heterocycles. The number of aromatic amines is 2. The summed E-state index contributed by atoms with van der Waals surface area (Å²) in [5.74, 6) is -5.53. The summed E-state index contributed by atoms with van der Waals surface area (Å²) in [6.45, 7) is 0.357. The van der Waals surface area contributed by atoms with Crippen LogP contribution in [0.5, 0.6) is 0 Å². The molecule has 0 radical (unpaired) electrons. The topological polar surface area (TPSA) is 383 Å². The lowest BCUT2D eigenvalue weighted by Gasteiger charge is -2.26. The minimum absolute atomic E-state index is 0.0349. The van der Waals surface area contributed by atoms with E-state index in [0.717, 1.165) is 21.8 Å². The first-order valence-electron chi connectivity index (χ1n) is 19.3. The molecule has 2 aromatic carbocycles. The molecule has 0 aliphatic rings. The van der Waals surface area contributed by atoms with Crippen LogP contribution < -0.4 is 55.7 Å². The monoisotopic (exact) mass is 830 g/mol. The summed E-state index contributed by atoms with van der Waals surface area (Å²) >= 11 is 0. The van der Waals surface area contributed by atoms with Crippen molar-refractivity contribution in [3.63, 3.8) is 0 Å². The van der Waals surface area contributed by atoms with Gasteiger partial charge in [0.25, 0.3) is 0 Å². The maximum atomic E-state index is 14.3. The van der Waals surface area contributed by atoms with Gasteiger partial charge in [-0.2, -0.15) is 0 Å². The molecule has 21 heteroatoms. The number of aliphatic imine (C=N–C) groups is 2. The number of aliphatic carboxylic acids is 1. The minimum Gasteiger partial charge on any atom is -0.480 e. The van der Waals surface area contributed by atoms with Crippen molar-refractivity contribution >= 4 is 69.2 Å². The molecule has 0 fully saturated rings. The Hall–Kier alpha value is -7.16. The van der Waals surface area contributed by atoms with Crippen LogP contribution in [-0.4, -0.2) is 106 Å². The fraction of sp³-hybridized carbons (Fsp3) is 0.385. The molecule has 2 heterocycles. The van der Waals surface area contributed by atoms with Crippen molar-refractivity contribution in [2.45, 2.75) is 81.6 Å². The third-order valence-electron chi connectivity index (χ3n) is 9.64. The largest absolute Gasteiger partial charge is 0.480 e.